The van der Waals surface area contributed by atoms with Crippen LogP contribution in [0.1, 0.15) is 47.3 Å². The van der Waals surface area contributed by atoms with Gasteiger partial charge in [0.25, 0.3) is 5.91 Å². The standard InChI is InChI=1S/C22H26N2O4/c1-4-11-23-21(25)13-18(15-9-10-19(27-2)20(12-15)28-3)24-14-16-7-5-6-8-17(16)22(24)26/h5-10,12,18H,4,11,13-14H2,1-3H3,(H,23,25). The lowest BCUT2D eigenvalue weighted by molar-refractivity contribution is -0.122. The zero-order valence-electron chi connectivity index (χ0n) is 16.5. The van der Waals surface area contributed by atoms with Crippen LogP contribution in [0.25, 0.3) is 0 Å². The summed E-state index contributed by atoms with van der Waals surface area (Å²) in [5.41, 5.74) is 2.51. The summed E-state index contributed by atoms with van der Waals surface area (Å²) < 4.78 is 10.7. The van der Waals surface area contributed by atoms with Gasteiger partial charge in [-0.05, 0) is 35.7 Å². The number of nitrogens with one attached hydrogen (secondary N) is 1. The van der Waals surface area contributed by atoms with E-state index in [9.17, 15) is 9.59 Å². The van der Waals surface area contributed by atoms with Crippen LogP contribution in [0, 0.1) is 0 Å². The van der Waals surface area contributed by atoms with Crippen LogP contribution in [0.3, 0.4) is 0 Å². The SMILES string of the molecule is CCCNC(=O)CC(c1ccc(OC)c(OC)c1)N1Cc2ccccc2C1=O. The van der Waals surface area contributed by atoms with Crippen LogP contribution in [0.15, 0.2) is 42.5 Å². The van der Waals surface area contributed by atoms with E-state index in [4.69, 9.17) is 9.47 Å². The Hall–Kier alpha value is -3.02. The summed E-state index contributed by atoms with van der Waals surface area (Å²) in [6, 6.07) is 12.7. The molecule has 2 amide bonds. The zero-order valence-corrected chi connectivity index (χ0v) is 16.5. The number of ether oxygens (including phenoxy) is 2. The van der Waals surface area contributed by atoms with Crippen molar-refractivity contribution in [1.82, 2.24) is 10.2 Å². The van der Waals surface area contributed by atoms with Gasteiger partial charge < -0.3 is 19.7 Å². The summed E-state index contributed by atoms with van der Waals surface area (Å²) in [6.45, 7) is 3.10. The second kappa shape index (κ2) is 8.78. The number of hydrogen-bond acceptors (Lipinski definition) is 4. The van der Waals surface area contributed by atoms with E-state index in [0.717, 1.165) is 17.5 Å². The first-order valence-corrected chi connectivity index (χ1v) is 9.46. The molecule has 2 aromatic carbocycles. The third-order valence-electron chi connectivity index (χ3n) is 4.97. The lowest BCUT2D eigenvalue weighted by Crippen LogP contribution is -2.34. The van der Waals surface area contributed by atoms with Crippen LogP contribution in [-0.2, 0) is 11.3 Å². The number of hydrogen-bond donors (Lipinski definition) is 1. The lowest BCUT2D eigenvalue weighted by Gasteiger charge is -2.28. The molecule has 3 rings (SSSR count). The number of nitrogens with zero attached hydrogens (tertiary/aromatic N) is 1. The molecule has 1 heterocycles. The number of methoxy groups -OCH3 is 2. The van der Waals surface area contributed by atoms with E-state index in [0.29, 0.717) is 30.2 Å². The quantitative estimate of drug-likeness (QED) is 0.761. The highest BCUT2D eigenvalue weighted by molar-refractivity contribution is 5.98. The molecule has 0 saturated carbocycles. The van der Waals surface area contributed by atoms with Crippen LogP contribution in [0.4, 0.5) is 0 Å². The maximum absolute atomic E-state index is 13.0. The number of amides is 2. The van der Waals surface area contributed by atoms with E-state index in [1.54, 1.807) is 25.2 Å². The number of fused-ring (bicyclic) bond motifs is 1. The van der Waals surface area contributed by atoms with Gasteiger partial charge in [0.2, 0.25) is 5.91 Å². The zero-order chi connectivity index (χ0) is 20.1. The molecule has 0 bridgehead atoms. The van der Waals surface area contributed by atoms with Crippen molar-refractivity contribution in [2.45, 2.75) is 32.4 Å². The van der Waals surface area contributed by atoms with Crippen molar-refractivity contribution in [3.63, 3.8) is 0 Å². The smallest absolute Gasteiger partial charge is 0.255 e. The van der Waals surface area contributed by atoms with Gasteiger partial charge in [0.1, 0.15) is 0 Å². The average molecular weight is 382 g/mol. The monoisotopic (exact) mass is 382 g/mol. The van der Waals surface area contributed by atoms with Crippen molar-refractivity contribution < 1.29 is 19.1 Å². The van der Waals surface area contributed by atoms with Crippen molar-refractivity contribution in [2.24, 2.45) is 0 Å². The maximum Gasteiger partial charge on any atom is 0.255 e. The van der Waals surface area contributed by atoms with Gasteiger partial charge in [-0.3, -0.25) is 9.59 Å². The Morgan fingerprint density at radius 2 is 1.89 bits per heavy atom. The van der Waals surface area contributed by atoms with E-state index in [2.05, 4.69) is 5.32 Å². The predicted molar refractivity (Wildman–Crippen MR) is 107 cm³/mol. The topological polar surface area (TPSA) is 67.9 Å². The molecule has 1 aliphatic heterocycles. The molecule has 0 radical (unpaired) electrons. The molecular weight excluding hydrogens is 356 g/mol. The molecule has 0 saturated heterocycles. The molecule has 0 aliphatic carbocycles. The minimum absolute atomic E-state index is 0.0568. The molecule has 6 heteroatoms. The Morgan fingerprint density at radius 1 is 1.14 bits per heavy atom. The third kappa shape index (κ3) is 3.96. The Labute approximate surface area is 165 Å². The van der Waals surface area contributed by atoms with Gasteiger partial charge in [-0.1, -0.05) is 31.2 Å². The molecule has 1 atom stereocenters. The van der Waals surface area contributed by atoms with E-state index < -0.39 is 6.04 Å². The average Bonchev–Trinajstić information content (AvgIpc) is 3.06. The van der Waals surface area contributed by atoms with Crippen molar-refractivity contribution in [1.29, 1.82) is 0 Å². The fraction of sp³-hybridized carbons (Fsp3) is 0.364. The van der Waals surface area contributed by atoms with E-state index in [1.807, 2.05) is 43.3 Å². The fourth-order valence-corrected chi connectivity index (χ4v) is 3.51. The Bertz CT molecular complexity index is 865. The fourth-order valence-electron chi connectivity index (χ4n) is 3.51. The maximum atomic E-state index is 13.0. The van der Waals surface area contributed by atoms with Crippen molar-refractivity contribution in [3.05, 3.63) is 59.2 Å². The molecule has 148 valence electrons. The second-order valence-electron chi connectivity index (χ2n) is 6.77. The van der Waals surface area contributed by atoms with Crippen LogP contribution in [0.5, 0.6) is 11.5 Å². The van der Waals surface area contributed by atoms with E-state index in [1.165, 1.54) is 0 Å². The van der Waals surface area contributed by atoms with Crippen LogP contribution < -0.4 is 14.8 Å². The predicted octanol–water partition coefficient (Wildman–Crippen LogP) is 3.32. The molecule has 0 aromatic heterocycles. The molecule has 6 nitrogen and oxygen atoms in total. The van der Waals surface area contributed by atoms with Gasteiger partial charge >= 0.3 is 0 Å². The minimum Gasteiger partial charge on any atom is -0.493 e. The van der Waals surface area contributed by atoms with Crippen LogP contribution in [-0.4, -0.2) is 37.5 Å². The first-order valence-electron chi connectivity index (χ1n) is 9.46. The largest absolute Gasteiger partial charge is 0.493 e. The second-order valence-corrected chi connectivity index (χ2v) is 6.77. The molecule has 0 spiro atoms. The molecule has 28 heavy (non-hydrogen) atoms. The van der Waals surface area contributed by atoms with Crippen LogP contribution in [0.2, 0.25) is 0 Å². The van der Waals surface area contributed by atoms with Crippen molar-refractivity contribution in [2.75, 3.05) is 20.8 Å². The third-order valence-corrected chi connectivity index (χ3v) is 4.97. The summed E-state index contributed by atoms with van der Waals surface area (Å²) in [5, 5.41) is 2.91. The molecule has 1 N–H and O–H groups in total. The molecule has 1 unspecified atom stereocenters. The molecule has 1 aliphatic rings. The van der Waals surface area contributed by atoms with Gasteiger partial charge in [0.15, 0.2) is 11.5 Å². The highest BCUT2D eigenvalue weighted by Gasteiger charge is 2.34. The molecule has 0 fully saturated rings. The van der Waals surface area contributed by atoms with Gasteiger partial charge in [0, 0.05) is 18.7 Å². The Morgan fingerprint density at radius 3 is 2.57 bits per heavy atom. The van der Waals surface area contributed by atoms with E-state index in [-0.39, 0.29) is 18.2 Å². The normalized spacial score (nSPS) is 13.8. The Balaban J connectivity index is 1.94. The van der Waals surface area contributed by atoms with Gasteiger partial charge in [-0.15, -0.1) is 0 Å². The summed E-state index contributed by atoms with van der Waals surface area (Å²) in [5.74, 6) is 1.05. The number of rotatable bonds is 8. The van der Waals surface area contributed by atoms with E-state index >= 15 is 0 Å². The first kappa shape index (κ1) is 19.7. The van der Waals surface area contributed by atoms with Crippen molar-refractivity contribution >= 4 is 11.8 Å². The number of carbonyl (C=O) groups excluding carboxylic acids is 2. The van der Waals surface area contributed by atoms with Crippen LogP contribution >= 0.6 is 0 Å². The summed E-state index contributed by atoms with van der Waals surface area (Å²) >= 11 is 0. The minimum atomic E-state index is -0.392. The summed E-state index contributed by atoms with van der Waals surface area (Å²) in [4.78, 5) is 27.3. The summed E-state index contributed by atoms with van der Waals surface area (Å²) in [7, 11) is 3.15. The summed E-state index contributed by atoms with van der Waals surface area (Å²) in [6.07, 6.45) is 1.05. The van der Waals surface area contributed by atoms with Gasteiger partial charge in [0.05, 0.1) is 26.7 Å². The van der Waals surface area contributed by atoms with Crippen molar-refractivity contribution in [3.8, 4) is 11.5 Å². The molecular formula is C22H26N2O4. The number of carbonyl (C=O) groups is 2. The highest BCUT2D eigenvalue weighted by Crippen LogP contribution is 2.37. The first-order chi connectivity index (χ1) is 13.6. The number of benzene rings is 2. The van der Waals surface area contributed by atoms with Gasteiger partial charge in [-0.2, -0.15) is 0 Å². The van der Waals surface area contributed by atoms with Gasteiger partial charge in [-0.25, -0.2) is 0 Å². The Kier molecular flexibility index (Phi) is 6.19. The highest BCUT2D eigenvalue weighted by atomic mass is 16.5. The molecule has 2 aromatic rings. The lowest BCUT2D eigenvalue weighted by atomic mass is 10.0.